The first-order valence-electron chi connectivity index (χ1n) is 9.16. The number of ether oxygens (including phenoxy) is 1. The van der Waals surface area contributed by atoms with Crippen LogP contribution >= 0.6 is 0 Å². The van der Waals surface area contributed by atoms with Crippen molar-refractivity contribution in [2.45, 2.75) is 32.6 Å². The summed E-state index contributed by atoms with van der Waals surface area (Å²) in [6, 6.07) is 13.8. The van der Waals surface area contributed by atoms with Crippen molar-refractivity contribution >= 4 is 11.8 Å². The van der Waals surface area contributed by atoms with Crippen LogP contribution < -0.4 is 10.2 Å². The number of aromatic nitrogens is 3. The molecule has 3 heterocycles. The van der Waals surface area contributed by atoms with Crippen LogP contribution in [0.2, 0.25) is 0 Å². The maximum Gasteiger partial charge on any atom is 0.264 e. The second-order valence-corrected chi connectivity index (χ2v) is 6.83. The molecule has 1 fully saturated rings. The molecule has 1 aromatic carbocycles. The number of hydrogen-bond donors (Lipinski definition) is 1. The van der Waals surface area contributed by atoms with Crippen LogP contribution in [0.1, 0.15) is 19.4 Å². The molecule has 1 N–H and O–H groups in total. The molecule has 27 heavy (non-hydrogen) atoms. The number of nitrogens with one attached hydrogen (secondary N) is 1. The second kappa shape index (κ2) is 7.75. The third-order valence-electron chi connectivity index (χ3n) is 4.45. The SMILES string of the molecule is CC1CN(c2ccc(CNc3noc(-c4ccccc4)n3)cn2)CC(C)O1. The van der Waals surface area contributed by atoms with E-state index >= 15 is 0 Å². The van der Waals surface area contributed by atoms with E-state index in [9.17, 15) is 0 Å². The second-order valence-electron chi connectivity index (χ2n) is 6.83. The van der Waals surface area contributed by atoms with Crippen molar-refractivity contribution in [2.24, 2.45) is 0 Å². The largest absolute Gasteiger partial charge is 0.372 e. The summed E-state index contributed by atoms with van der Waals surface area (Å²) in [5.74, 6) is 1.95. The summed E-state index contributed by atoms with van der Waals surface area (Å²) < 4.78 is 11.1. The molecule has 0 bridgehead atoms. The monoisotopic (exact) mass is 365 g/mol. The minimum Gasteiger partial charge on any atom is -0.372 e. The van der Waals surface area contributed by atoms with E-state index < -0.39 is 0 Å². The van der Waals surface area contributed by atoms with Crippen LogP contribution in [0, 0.1) is 0 Å². The lowest BCUT2D eigenvalue weighted by Crippen LogP contribution is -2.45. The zero-order valence-electron chi connectivity index (χ0n) is 15.5. The normalized spacial score (nSPS) is 19.9. The summed E-state index contributed by atoms with van der Waals surface area (Å²) in [5.41, 5.74) is 1.96. The first-order valence-corrected chi connectivity index (χ1v) is 9.16. The molecule has 0 aliphatic carbocycles. The minimum atomic E-state index is 0.217. The average Bonchev–Trinajstić information content (AvgIpc) is 3.16. The van der Waals surface area contributed by atoms with Crippen molar-refractivity contribution in [2.75, 3.05) is 23.3 Å². The molecule has 1 aliphatic heterocycles. The van der Waals surface area contributed by atoms with Crippen LogP contribution in [-0.2, 0) is 11.3 Å². The molecule has 0 spiro atoms. The van der Waals surface area contributed by atoms with Crippen LogP contribution in [0.4, 0.5) is 11.8 Å². The molecule has 3 aromatic rings. The third kappa shape index (κ3) is 4.25. The van der Waals surface area contributed by atoms with Crippen molar-refractivity contribution < 1.29 is 9.26 Å². The summed E-state index contributed by atoms with van der Waals surface area (Å²) in [4.78, 5) is 11.2. The molecule has 2 aromatic heterocycles. The summed E-state index contributed by atoms with van der Waals surface area (Å²) in [6.45, 7) is 6.49. The van der Waals surface area contributed by atoms with E-state index in [2.05, 4.69) is 45.3 Å². The van der Waals surface area contributed by atoms with Gasteiger partial charge in [-0.3, -0.25) is 0 Å². The van der Waals surface area contributed by atoms with E-state index in [4.69, 9.17) is 9.26 Å². The lowest BCUT2D eigenvalue weighted by molar-refractivity contribution is -0.00545. The highest BCUT2D eigenvalue weighted by molar-refractivity contribution is 5.53. The van der Waals surface area contributed by atoms with Gasteiger partial charge in [0.15, 0.2) is 0 Å². The Labute approximate surface area is 158 Å². The highest BCUT2D eigenvalue weighted by Crippen LogP contribution is 2.20. The Morgan fingerprint density at radius 3 is 2.56 bits per heavy atom. The van der Waals surface area contributed by atoms with Crippen LogP contribution in [-0.4, -0.2) is 40.4 Å². The molecule has 4 rings (SSSR count). The van der Waals surface area contributed by atoms with Crippen molar-refractivity contribution in [3.05, 3.63) is 54.2 Å². The Kier molecular flexibility index (Phi) is 5.02. The fourth-order valence-corrected chi connectivity index (χ4v) is 3.25. The quantitative estimate of drug-likeness (QED) is 0.743. The summed E-state index contributed by atoms with van der Waals surface area (Å²) in [5, 5.41) is 7.15. The van der Waals surface area contributed by atoms with Gasteiger partial charge in [-0.15, -0.1) is 0 Å². The average molecular weight is 365 g/mol. The van der Waals surface area contributed by atoms with Gasteiger partial charge >= 0.3 is 0 Å². The van der Waals surface area contributed by atoms with Gasteiger partial charge < -0.3 is 19.5 Å². The standard InChI is InChI=1S/C20H23N5O2/c1-14-12-25(13-15(2)26-14)18-9-8-16(10-21-18)11-22-20-23-19(27-24-20)17-6-4-3-5-7-17/h3-10,14-15H,11-13H2,1-2H3,(H,22,24). The first-order chi connectivity index (χ1) is 13.2. The molecular formula is C20H23N5O2. The van der Waals surface area contributed by atoms with E-state index in [1.165, 1.54) is 0 Å². The minimum absolute atomic E-state index is 0.217. The smallest absolute Gasteiger partial charge is 0.264 e. The maximum atomic E-state index is 5.78. The number of benzene rings is 1. The van der Waals surface area contributed by atoms with E-state index in [0.29, 0.717) is 18.4 Å². The Morgan fingerprint density at radius 2 is 1.85 bits per heavy atom. The fourth-order valence-electron chi connectivity index (χ4n) is 3.25. The van der Waals surface area contributed by atoms with Crippen molar-refractivity contribution in [3.63, 3.8) is 0 Å². The first kappa shape index (κ1) is 17.5. The van der Waals surface area contributed by atoms with Crippen LogP contribution in [0.15, 0.2) is 53.2 Å². The van der Waals surface area contributed by atoms with Crippen LogP contribution in [0.25, 0.3) is 11.5 Å². The van der Waals surface area contributed by atoms with E-state index in [-0.39, 0.29) is 12.2 Å². The van der Waals surface area contributed by atoms with Gasteiger partial charge in [0, 0.05) is 31.4 Å². The predicted molar refractivity (Wildman–Crippen MR) is 104 cm³/mol. The van der Waals surface area contributed by atoms with Crippen molar-refractivity contribution in [3.8, 4) is 11.5 Å². The summed E-state index contributed by atoms with van der Waals surface area (Å²) in [7, 11) is 0. The maximum absolute atomic E-state index is 5.78. The van der Waals surface area contributed by atoms with Gasteiger partial charge in [-0.25, -0.2) is 4.98 Å². The zero-order chi connectivity index (χ0) is 18.6. The van der Waals surface area contributed by atoms with Gasteiger partial charge in [0.2, 0.25) is 0 Å². The molecule has 0 radical (unpaired) electrons. The number of pyridine rings is 1. The van der Waals surface area contributed by atoms with Gasteiger partial charge in [-0.1, -0.05) is 24.3 Å². The molecule has 1 saturated heterocycles. The molecular weight excluding hydrogens is 342 g/mol. The number of anilines is 2. The Morgan fingerprint density at radius 1 is 1.07 bits per heavy atom. The number of hydrogen-bond acceptors (Lipinski definition) is 7. The molecule has 140 valence electrons. The van der Waals surface area contributed by atoms with Gasteiger partial charge in [-0.2, -0.15) is 4.98 Å². The highest BCUT2D eigenvalue weighted by Gasteiger charge is 2.22. The van der Waals surface area contributed by atoms with Crippen molar-refractivity contribution in [1.82, 2.24) is 15.1 Å². The van der Waals surface area contributed by atoms with E-state index in [1.54, 1.807) is 0 Å². The Balaban J connectivity index is 1.36. The topological polar surface area (TPSA) is 76.3 Å². The highest BCUT2D eigenvalue weighted by atomic mass is 16.5. The Bertz CT molecular complexity index is 856. The molecule has 2 unspecified atom stereocenters. The third-order valence-corrected chi connectivity index (χ3v) is 4.45. The number of rotatable bonds is 5. The lowest BCUT2D eigenvalue weighted by Gasteiger charge is -2.36. The summed E-state index contributed by atoms with van der Waals surface area (Å²) in [6.07, 6.45) is 2.31. The molecule has 2 atom stereocenters. The summed E-state index contributed by atoms with van der Waals surface area (Å²) >= 11 is 0. The van der Waals surface area contributed by atoms with Crippen LogP contribution in [0.5, 0.6) is 0 Å². The zero-order valence-corrected chi connectivity index (χ0v) is 15.5. The molecule has 7 nitrogen and oxygen atoms in total. The van der Waals surface area contributed by atoms with Gasteiger partial charge in [0.25, 0.3) is 11.8 Å². The van der Waals surface area contributed by atoms with Gasteiger partial charge in [0.1, 0.15) is 5.82 Å². The Hall–Kier alpha value is -2.93. The molecule has 1 aliphatic rings. The predicted octanol–water partition coefficient (Wildman–Crippen LogP) is 3.36. The fraction of sp³-hybridized carbons (Fsp3) is 0.350. The van der Waals surface area contributed by atoms with Gasteiger partial charge in [0.05, 0.1) is 12.2 Å². The number of morpholine rings is 1. The number of nitrogens with zero attached hydrogens (tertiary/aromatic N) is 4. The lowest BCUT2D eigenvalue weighted by atomic mass is 10.2. The molecule has 0 amide bonds. The molecule has 0 saturated carbocycles. The van der Waals surface area contributed by atoms with Gasteiger partial charge in [-0.05, 0) is 42.8 Å². The van der Waals surface area contributed by atoms with E-state index in [0.717, 1.165) is 30.0 Å². The molecule has 7 heteroatoms. The van der Waals surface area contributed by atoms with Crippen LogP contribution in [0.3, 0.4) is 0 Å². The van der Waals surface area contributed by atoms with E-state index in [1.807, 2.05) is 42.6 Å². The van der Waals surface area contributed by atoms with Crippen molar-refractivity contribution in [1.29, 1.82) is 0 Å².